The van der Waals surface area contributed by atoms with Gasteiger partial charge < -0.3 is 5.11 Å². The Balaban J connectivity index is 0. The molecule has 0 amide bonds. The standard InChI is InChI=1S/CH2O2S.Ca.2H/c2-1(3)4;;;/h4H,(H,2,3);;;. The van der Waals surface area contributed by atoms with Crippen molar-refractivity contribution in [2.75, 3.05) is 0 Å². The molecule has 0 spiro atoms. The van der Waals surface area contributed by atoms with Crippen molar-refractivity contribution in [3.8, 4) is 0 Å². The van der Waals surface area contributed by atoms with Crippen molar-refractivity contribution in [1.82, 2.24) is 0 Å². The first-order valence-corrected chi connectivity index (χ1v) is 1.10. The molecule has 0 aliphatic carbocycles. The van der Waals surface area contributed by atoms with E-state index >= 15 is 0 Å². The van der Waals surface area contributed by atoms with Gasteiger partial charge in [0.1, 0.15) is 0 Å². The van der Waals surface area contributed by atoms with Crippen LogP contribution in [-0.2, 0) is 0 Å². The summed E-state index contributed by atoms with van der Waals surface area (Å²) < 4.78 is 0. The molecule has 0 aromatic carbocycles. The van der Waals surface area contributed by atoms with Crippen molar-refractivity contribution in [2.24, 2.45) is 0 Å². The van der Waals surface area contributed by atoms with Crippen molar-refractivity contribution in [3.63, 3.8) is 0 Å². The zero-order valence-corrected chi connectivity index (χ0v) is 2.70. The Morgan fingerprint density at radius 2 is 1.80 bits per heavy atom. The number of rotatable bonds is 0. The van der Waals surface area contributed by atoms with Crippen molar-refractivity contribution < 1.29 is 9.90 Å². The van der Waals surface area contributed by atoms with E-state index in [1.165, 1.54) is 0 Å². The maximum atomic E-state index is 8.86. The van der Waals surface area contributed by atoms with Gasteiger partial charge in [0.2, 0.25) is 0 Å². The molecule has 1 N–H and O–H groups in total. The van der Waals surface area contributed by atoms with Crippen LogP contribution in [0.4, 0.5) is 4.79 Å². The minimum absolute atomic E-state index is 0. The molecule has 0 aromatic heterocycles. The fourth-order valence-electron chi connectivity index (χ4n) is 0. The van der Waals surface area contributed by atoms with E-state index in [2.05, 4.69) is 12.6 Å². The summed E-state index contributed by atoms with van der Waals surface area (Å²) in [7, 11) is 0. The van der Waals surface area contributed by atoms with Gasteiger partial charge in [0.05, 0.1) is 0 Å². The van der Waals surface area contributed by atoms with Crippen molar-refractivity contribution >= 4 is 55.7 Å². The molecule has 0 unspecified atom stereocenters. The molecule has 5 heavy (non-hydrogen) atoms. The molecular weight excluding hydrogens is 116 g/mol. The summed E-state index contributed by atoms with van der Waals surface area (Å²) in [5.74, 6) is 0. The van der Waals surface area contributed by atoms with Gasteiger partial charge >= 0.3 is 43.0 Å². The van der Waals surface area contributed by atoms with Crippen molar-refractivity contribution in [1.29, 1.82) is 0 Å². The average Bonchev–Trinajstić information content (AvgIpc) is 0.811. The summed E-state index contributed by atoms with van der Waals surface area (Å²) in [6, 6.07) is 0. The maximum absolute atomic E-state index is 8.86. The van der Waals surface area contributed by atoms with Crippen LogP contribution in [-0.4, -0.2) is 48.1 Å². The van der Waals surface area contributed by atoms with E-state index in [9.17, 15) is 0 Å². The molecule has 0 heterocycles. The first-order valence-electron chi connectivity index (χ1n) is 0.651. The van der Waals surface area contributed by atoms with E-state index in [-0.39, 0.29) is 37.7 Å². The fourth-order valence-corrected chi connectivity index (χ4v) is 0. The number of hydrogen-bond donors (Lipinski definition) is 2. The van der Waals surface area contributed by atoms with Gasteiger partial charge in [0.15, 0.2) is 0 Å². The van der Waals surface area contributed by atoms with Gasteiger partial charge in [-0.25, -0.2) is 4.79 Å². The van der Waals surface area contributed by atoms with E-state index in [0.717, 1.165) is 0 Å². The monoisotopic (exact) mass is 120 g/mol. The second-order valence-electron chi connectivity index (χ2n) is 0.283. The summed E-state index contributed by atoms with van der Waals surface area (Å²) in [5.41, 5.74) is 0. The van der Waals surface area contributed by atoms with Gasteiger partial charge in [-0.3, -0.25) is 0 Å². The molecule has 0 bridgehead atoms. The Kier molecular flexibility index (Phi) is 9.58. The Morgan fingerprint density at radius 3 is 1.80 bits per heavy atom. The SMILES string of the molecule is O=C(O)S.[CaH2]. The van der Waals surface area contributed by atoms with Gasteiger partial charge in [-0.2, -0.15) is 0 Å². The van der Waals surface area contributed by atoms with Crippen molar-refractivity contribution in [3.05, 3.63) is 0 Å². The Bertz CT molecular complexity index is 32.6. The third kappa shape index (κ3) is 41.3. The first kappa shape index (κ1) is 9.43. The zero-order chi connectivity index (χ0) is 3.58. The molecule has 0 aliphatic rings. The quantitative estimate of drug-likeness (QED) is 0.339. The van der Waals surface area contributed by atoms with E-state index in [1.807, 2.05) is 0 Å². The average molecular weight is 120 g/mol. The second-order valence-corrected chi connectivity index (χ2v) is 0.665. The van der Waals surface area contributed by atoms with E-state index in [0.29, 0.717) is 0 Å². The zero-order valence-electron chi connectivity index (χ0n) is 1.80. The van der Waals surface area contributed by atoms with Crippen molar-refractivity contribution in [2.45, 2.75) is 0 Å². The second kappa shape index (κ2) is 5.08. The molecule has 4 heteroatoms. The molecule has 0 rings (SSSR count). The van der Waals surface area contributed by atoms with Crippen LogP contribution in [0.2, 0.25) is 0 Å². The third-order valence-corrected chi connectivity index (χ3v) is 0. The Hall–Kier alpha value is 1.08. The molecular formula is CH4CaO2S. The normalized spacial score (nSPS) is 5.00. The third-order valence-electron chi connectivity index (χ3n) is 0. The number of thiol groups is 1. The van der Waals surface area contributed by atoms with E-state index in [1.54, 1.807) is 0 Å². The van der Waals surface area contributed by atoms with Crippen LogP contribution >= 0.6 is 12.6 Å². The molecule has 28 valence electrons. The summed E-state index contributed by atoms with van der Waals surface area (Å²) >= 11 is 2.88. The fraction of sp³-hybridized carbons (Fsp3) is 0. The summed E-state index contributed by atoms with van der Waals surface area (Å²) in [6.45, 7) is 0. The van der Waals surface area contributed by atoms with Crippen LogP contribution in [0.15, 0.2) is 0 Å². The van der Waals surface area contributed by atoms with Crippen LogP contribution in [0.1, 0.15) is 0 Å². The molecule has 0 fully saturated rings. The molecule has 0 atom stereocenters. The summed E-state index contributed by atoms with van der Waals surface area (Å²) in [5, 5.41) is 6.14. The Labute approximate surface area is 65.0 Å². The molecule has 0 saturated heterocycles. The van der Waals surface area contributed by atoms with Gasteiger partial charge in [-0.05, 0) is 0 Å². The van der Waals surface area contributed by atoms with Gasteiger partial charge in [0, 0.05) is 0 Å². The summed E-state index contributed by atoms with van der Waals surface area (Å²) in [4.78, 5) is 8.86. The predicted octanol–water partition coefficient (Wildman–Crippen LogP) is -0.322. The van der Waals surface area contributed by atoms with Crippen LogP contribution in [0.25, 0.3) is 0 Å². The Morgan fingerprint density at radius 1 is 1.80 bits per heavy atom. The van der Waals surface area contributed by atoms with Gasteiger partial charge in [-0.15, -0.1) is 0 Å². The van der Waals surface area contributed by atoms with Crippen LogP contribution in [0.5, 0.6) is 0 Å². The van der Waals surface area contributed by atoms with Gasteiger partial charge in [-0.1, -0.05) is 12.6 Å². The number of hydrogen-bond acceptors (Lipinski definition) is 1. The molecule has 0 saturated carbocycles. The van der Waals surface area contributed by atoms with E-state index in [4.69, 9.17) is 9.90 Å². The number of carbonyl (C=O) groups is 1. The first-order chi connectivity index (χ1) is 1.73. The van der Waals surface area contributed by atoms with Gasteiger partial charge in [0.25, 0.3) is 0 Å². The predicted molar refractivity (Wildman–Crippen MR) is 25.6 cm³/mol. The van der Waals surface area contributed by atoms with Crippen LogP contribution < -0.4 is 0 Å². The van der Waals surface area contributed by atoms with E-state index < -0.39 is 5.30 Å². The number of carboxylic acid groups (broad SMARTS) is 1. The van der Waals surface area contributed by atoms with Crippen LogP contribution in [0.3, 0.4) is 0 Å². The molecule has 2 nitrogen and oxygen atoms in total. The summed E-state index contributed by atoms with van der Waals surface area (Å²) in [6.07, 6.45) is 0. The topological polar surface area (TPSA) is 37.3 Å². The molecule has 0 aromatic rings. The molecule has 0 radical (unpaired) electrons. The molecule has 0 aliphatic heterocycles. The van der Waals surface area contributed by atoms with Crippen LogP contribution in [0, 0.1) is 0 Å². The minimum atomic E-state index is -1.14.